The van der Waals surface area contributed by atoms with E-state index in [0.717, 1.165) is 19.4 Å². The number of aromatic hydroxyl groups is 3. The van der Waals surface area contributed by atoms with Gasteiger partial charge < -0.3 is 35.6 Å². The zero-order chi connectivity index (χ0) is 28.4. The number of methoxy groups -OCH3 is 1. The van der Waals surface area contributed by atoms with Gasteiger partial charge in [-0.2, -0.15) is 0 Å². The highest BCUT2D eigenvalue weighted by atomic mass is 16.5. The number of ketones is 3. The van der Waals surface area contributed by atoms with Gasteiger partial charge in [0.05, 0.1) is 22.8 Å². The average molecular weight is 542 g/mol. The van der Waals surface area contributed by atoms with E-state index in [-0.39, 0.29) is 59.4 Å². The van der Waals surface area contributed by atoms with Crippen LogP contribution in [0.2, 0.25) is 0 Å². The molecule has 2 aromatic rings. The van der Waals surface area contributed by atoms with Crippen molar-refractivity contribution in [2.75, 3.05) is 20.3 Å². The second-order valence-corrected chi connectivity index (χ2v) is 10.4. The summed E-state index contributed by atoms with van der Waals surface area (Å²) in [6, 6.07) is 4.44. The van der Waals surface area contributed by atoms with Crippen molar-refractivity contribution in [1.29, 1.82) is 0 Å². The number of nitrogens with two attached hydrogens (primary N) is 1. The summed E-state index contributed by atoms with van der Waals surface area (Å²) >= 11 is 0. The lowest BCUT2D eigenvalue weighted by Crippen LogP contribution is -2.33. The first-order valence-electron chi connectivity index (χ1n) is 13.2. The molecule has 4 atom stereocenters. The lowest BCUT2D eigenvalue weighted by molar-refractivity contribution is -0.132. The van der Waals surface area contributed by atoms with Crippen molar-refractivity contribution < 1.29 is 44.3 Å². The Bertz CT molecular complexity index is 1280. The molecule has 3 aliphatic rings. The first-order valence-corrected chi connectivity index (χ1v) is 13.2. The molecule has 1 saturated heterocycles. The largest absolute Gasteiger partial charge is 0.507 e. The number of hydrogen-bond acceptors (Lipinski definition) is 10. The summed E-state index contributed by atoms with van der Waals surface area (Å²) in [6.07, 6.45) is 1.91. The minimum Gasteiger partial charge on any atom is -0.507 e. The van der Waals surface area contributed by atoms with E-state index >= 15 is 0 Å². The van der Waals surface area contributed by atoms with Gasteiger partial charge in [-0.25, -0.2) is 0 Å². The van der Waals surface area contributed by atoms with Gasteiger partial charge >= 0.3 is 0 Å². The van der Waals surface area contributed by atoms with Crippen LogP contribution in [-0.2, 0) is 27.1 Å². The van der Waals surface area contributed by atoms with Crippen molar-refractivity contribution in [1.82, 2.24) is 0 Å². The van der Waals surface area contributed by atoms with Gasteiger partial charge in [0.1, 0.15) is 23.4 Å². The minimum absolute atomic E-state index is 0.0270. The van der Waals surface area contributed by atoms with Crippen LogP contribution in [0.5, 0.6) is 17.2 Å². The molecule has 10 nitrogen and oxygen atoms in total. The van der Waals surface area contributed by atoms with E-state index in [1.807, 2.05) is 0 Å². The quantitative estimate of drug-likeness (QED) is 0.301. The minimum atomic E-state index is -1.21. The van der Waals surface area contributed by atoms with E-state index in [4.69, 9.17) is 15.2 Å². The summed E-state index contributed by atoms with van der Waals surface area (Å²) < 4.78 is 10.2. The van der Waals surface area contributed by atoms with Crippen LogP contribution in [0.4, 0.5) is 0 Å². The number of carbonyl (C=O) groups is 3. The zero-order valence-corrected chi connectivity index (χ0v) is 22.1. The lowest BCUT2D eigenvalue weighted by atomic mass is 9.74. The third-order valence-corrected chi connectivity index (χ3v) is 7.67. The molecule has 10 heteroatoms. The van der Waals surface area contributed by atoms with Crippen LogP contribution in [0.25, 0.3) is 0 Å². The van der Waals surface area contributed by atoms with Crippen molar-refractivity contribution in [2.45, 2.75) is 63.7 Å². The molecule has 0 amide bonds. The first kappa shape index (κ1) is 28.7. The van der Waals surface area contributed by atoms with Gasteiger partial charge in [-0.3, -0.25) is 14.4 Å². The molecule has 1 aliphatic heterocycles. The fourth-order valence-electron chi connectivity index (χ4n) is 5.57. The fraction of sp³-hybridized carbons (Fsp3) is 0.483. The molecule has 0 aromatic heterocycles. The maximum absolute atomic E-state index is 13.1. The fourth-order valence-corrected chi connectivity index (χ4v) is 5.57. The average Bonchev–Trinajstić information content (AvgIpc) is 2.91. The van der Waals surface area contributed by atoms with Crippen LogP contribution in [0, 0.1) is 5.92 Å². The number of benzene rings is 2. The molecule has 210 valence electrons. The molecule has 4 unspecified atom stereocenters. The van der Waals surface area contributed by atoms with Crippen LogP contribution in [0.3, 0.4) is 0 Å². The Morgan fingerprint density at radius 2 is 1.77 bits per heavy atom. The summed E-state index contributed by atoms with van der Waals surface area (Å²) in [5.74, 6) is -3.67. The molecule has 39 heavy (non-hydrogen) atoms. The molecule has 2 aliphatic carbocycles. The molecule has 0 bridgehead atoms. The number of rotatable bonds is 5. The van der Waals surface area contributed by atoms with Crippen LogP contribution in [0.15, 0.2) is 18.2 Å². The smallest absolute Gasteiger partial charge is 0.202 e. The van der Waals surface area contributed by atoms with E-state index in [1.54, 1.807) is 0 Å². The second kappa shape index (κ2) is 11.8. The third kappa shape index (κ3) is 5.56. The van der Waals surface area contributed by atoms with Crippen molar-refractivity contribution in [3.8, 4) is 17.2 Å². The molecule has 0 radical (unpaired) electrons. The molecule has 6 N–H and O–H groups in total. The Morgan fingerprint density at radius 1 is 1.08 bits per heavy atom. The van der Waals surface area contributed by atoms with Crippen LogP contribution >= 0.6 is 0 Å². The molecule has 5 rings (SSSR count). The van der Waals surface area contributed by atoms with E-state index < -0.39 is 40.9 Å². The number of Topliss-reactive ketones (excluding diaryl/α,β-unsaturated/α-hetero) is 1. The SMILES string of the molecule is CC1CC(N)CCO1.COCCC(O)C(=O)C1CCc2c(O)c3c(c(O)c2C1)C(=O)c1cccc(O)c1C3=O. The summed E-state index contributed by atoms with van der Waals surface area (Å²) in [4.78, 5) is 38.7. The number of ether oxygens (including phenoxy) is 2. The maximum atomic E-state index is 13.1. The van der Waals surface area contributed by atoms with E-state index in [1.165, 1.54) is 25.3 Å². The Balaban J connectivity index is 0.000000379. The number of hydrogen-bond donors (Lipinski definition) is 5. The van der Waals surface area contributed by atoms with E-state index in [0.29, 0.717) is 24.1 Å². The predicted molar refractivity (Wildman–Crippen MR) is 140 cm³/mol. The third-order valence-electron chi connectivity index (χ3n) is 7.67. The highest BCUT2D eigenvalue weighted by Crippen LogP contribution is 2.47. The maximum Gasteiger partial charge on any atom is 0.202 e. The van der Waals surface area contributed by atoms with Gasteiger partial charge in [0, 0.05) is 55.4 Å². The van der Waals surface area contributed by atoms with Crippen LogP contribution < -0.4 is 5.73 Å². The van der Waals surface area contributed by atoms with Crippen molar-refractivity contribution in [3.63, 3.8) is 0 Å². The Morgan fingerprint density at radius 3 is 2.41 bits per heavy atom. The summed E-state index contributed by atoms with van der Waals surface area (Å²) in [5.41, 5.74) is 5.24. The Kier molecular flexibility index (Phi) is 8.70. The van der Waals surface area contributed by atoms with Gasteiger partial charge in [-0.1, -0.05) is 12.1 Å². The number of carbonyl (C=O) groups excluding carboxylic acids is 3. The number of fused-ring (bicyclic) bond motifs is 3. The number of aliphatic hydroxyl groups excluding tert-OH is 1. The van der Waals surface area contributed by atoms with Gasteiger partial charge in [-0.15, -0.1) is 0 Å². The molecule has 1 heterocycles. The molecule has 0 saturated carbocycles. The zero-order valence-electron chi connectivity index (χ0n) is 22.1. The van der Waals surface area contributed by atoms with Crippen LogP contribution in [-0.4, -0.2) is 76.3 Å². The van der Waals surface area contributed by atoms with Gasteiger partial charge in [0.25, 0.3) is 0 Å². The standard InChI is InChI=1S/C23H22O8.C6H13NO/c1-31-8-7-15(25)19(26)10-5-6-11-13(9-10)22(29)17-18(20(11)27)23(30)16-12(21(17)28)3-2-4-14(16)24;1-5-4-6(7)2-3-8-5/h2-4,10,15,24-25,27,29H,5-9H2,1H3;5-6H,2-4,7H2,1H3. The predicted octanol–water partition coefficient (Wildman–Crippen LogP) is 2.16. The van der Waals surface area contributed by atoms with Crippen molar-refractivity contribution >= 4 is 17.3 Å². The van der Waals surface area contributed by atoms with E-state index in [2.05, 4.69) is 6.92 Å². The number of phenolic OH excluding ortho intramolecular Hbond substituents is 3. The molecular formula is C29H35NO9. The topological polar surface area (TPSA) is 177 Å². The summed E-state index contributed by atoms with van der Waals surface area (Å²) in [5, 5.41) is 42.0. The molecule has 2 aromatic carbocycles. The van der Waals surface area contributed by atoms with Crippen molar-refractivity contribution in [2.24, 2.45) is 11.7 Å². The van der Waals surface area contributed by atoms with Gasteiger partial charge in [0.15, 0.2) is 11.6 Å². The van der Waals surface area contributed by atoms with Gasteiger partial charge in [0.2, 0.25) is 5.78 Å². The highest BCUT2D eigenvalue weighted by Gasteiger charge is 2.41. The summed E-state index contributed by atoms with van der Waals surface area (Å²) in [6.45, 7) is 3.14. The molecule has 0 spiro atoms. The number of phenols is 3. The lowest BCUT2D eigenvalue weighted by Gasteiger charge is -2.30. The molecule has 1 fully saturated rings. The van der Waals surface area contributed by atoms with Gasteiger partial charge in [-0.05, 0) is 45.1 Å². The number of aliphatic hydroxyl groups is 1. The summed E-state index contributed by atoms with van der Waals surface area (Å²) in [7, 11) is 1.47. The van der Waals surface area contributed by atoms with Crippen molar-refractivity contribution in [3.05, 3.63) is 51.6 Å². The highest BCUT2D eigenvalue weighted by molar-refractivity contribution is 6.31. The Labute approximate surface area is 226 Å². The van der Waals surface area contributed by atoms with Crippen LogP contribution in [0.1, 0.15) is 75.6 Å². The monoisotopic (exact) mass is 541 g/mol. The normalized spacial score (nSPS) is 22.6. The molecular weight excluding hydrogens is 506 g/mol. The van der Waals surface area contributed by atoms with E-state index in [9.17, 15) is 34.8 Å². The Hall–Kier alpha value is -3.31. The second-order valence-electron chi connectivity index (χ2n) is 10.4. The first-order chi connectivity index (χ1) is 18.6.